The maximum Gasteiger partial charge on any atom is 0.337 e. The van der Waals surface area contributed by atoms with Gasteiger partial charge in [-0.25, -0.2) is 4.79 Å². The maximum atomic E-state index is 11.2. The minimum absolute atomic E-state index is 0.317. The number of carbonyl (C=O) groups is 1. The molecule has 0 aromatic heterocycles. The van der Waals surface area contributed by atoms with Gasteiger partial charge in [0, 0.05) is 12.0 Å². The third kappa shape index (κ3) is 2.01. The van der Waals surface area contributed by atoms with E-state index in [-0.39, 0.29) is 5.97 Å². The molecule has 1 heterocycles. The Labute approximate surface area is 88.3 Å². The van der Waals surface area contributed by atoms with Crippen molar-refractivity contribution in [1.82, 2.24) is 0 Å². The number of hydrogen-bond acceptors (Lipinski definition) is 3. The molecule has 2 rings (SSSR count). The molecule has 78 valence electrons. The smallest absolute Gasteiger partial charge is 0.337 e. The van der Waals surface area contributed by atoms with Crippen LogP contribution in [0.4, 0.5) is 0 Å². The van der Waals surface area contributed by atoms with E-state index < -0.39 is 0 Å². The minimum Gasteiger partial charge on any atom is -0.493 e. The molecule has 0 radical (unpaired) electrons. The van der Waals surface area contributed by atoms with Crippen LogP contribution in [0.5, 0.6) is 0 Å². The van der Waals surface area contributed by atoms with Gasteiger partial charge in [-0.05, 0) is 18.2 Å². The number of hydrogen-bond donors (Lipinski definition) is 0. The zero-order chi connectivity index (χ0) is 10.7. The molecule has 1 aliphatic heterocycles. The van der Waals surface area contributed by atoms with Gasteiger partial charge in [0.05, 0.1) is 19.3 Å². The Kier molecular flexibility index (Phi) is 2.72. The first kappa shape index (κ1) is 9.77. The average Bonchev–Trinajstić information content (AvgIpc) is 2.82. The summed E-state index contributed by atoms with van der Waals surface area (Å²) in [6, 6.07) is 7.21. The summed E-state index contributed by atoms with van der Waals surface area (Å²) in [4.78, 5) is 11.2. The Balaban J connectivity index is 2.20. The van der Waals surface area contributed by atoms with E-state index in [2.05, 4.69) is 4.74 Å². The minimum atomic E-state index is -0.317. The molecule has 0 spiro atoms. The van der Waals surface area contributed by atoms with Crippen LogP contribution in [-0.2, 0) is 9.47 Å². The molecule has 0 fully saturated rings. The summed E-state index contributed by atoms with van der Waals surface area (Å²) in [5, 5.41) is 0. The van der Waals surface area contributed by atoms with Gasteiger partial charge < -0.3 is 9.47 Å². The number of carbonyl (C=O) groups excluding carboxylic acids is 1. The molecule has 0 bridgehead atoms. The van der Waals surface area contributed by atoms with Crippen LogP contribution in [0.2, 0.25) is 0 Å². The molecule has 1 aromatic rings. The van der Waals surface area contributed by atoms with Crippen molar-refractivity contribution in [2.24, 2.45) is 0 Å². The molecule has 0 saturated carbocycles. The summed E-state index contributed by atoms with van der Waals surface area (Å²) >= 11 is 0. The van der Waals surface area contributed by atoms with Crippen molar-refractivity contribution >= 4 is 11.7 Å². The van der Waals surface area contributed by atoms with Gasteiger partial charge in [0.15, 0.2) is 0 Å². The van der Waals surface area contributed by atoms with Crippen molar-refractivity contribution in [3.8, 4) is 0 Å². The predicted octanol–water partition coefficient (Wildman–Crippen LogP) is 2.23. The number of esters is 1. The normalized spacial score (nSPS) is 14.3. The zero-order valence-corrected chi connectivity index (χ0v) is 8.53. The first-order chi connectivity index (χ1) is 7.31. The van der Waals surface area contributed by atoms with E-state index in [0.29, 0.717) is 5.56 Å². The number of methoxy groups -OCH3 is 1. The van der Waals surface area contributed by atoms with Gasteiger partial charge in [0.25, 0.3) is 0 Å². The highest BCUT2D eigenvalue weighted by Crippen LogP contribution is 2.21. The molecule has 1 aliphatic rings. The second kappa shape index (κ2) is 4.17. The van der Waals surface area contributed by atoms with Crippen LogP contribution < -0.4 is 0 Å². The molecular formula is C12H12O3. The highest BCUT2D eigenvalue weighted by Gasteiger charge is 2.09. The lowest BCUT2D eigenvalue weighted by Crippen LogP contribution is -2.00. The monoisotopic (exact) mass is 204 g/mol. The van der Waals surface area contributed by atoms with E-state index in [1.807, 2.05) is 18.2 Å². The Morgan fingerprint density at radius 3 is 2.60 bits per heavy atom. The third-order valence-electron chi connectivity index (χ3n) is 2.30. The highest BCUT2D eigenvalue weighted by atomic mass is 16.5. The second-order valence-electron chi connectivity index (χ2n) is 3.27. The standard InChI is InChI=1S/C12H12O3/c1-14-12(13)10-6-4-9(5-7-10)11-3-2-8-15-11/h3-7H,2,8H2,1H3. The fourth-order valence-electron chi connectivity index (χ4n) is 1.51. The van der Waals surface area contributed by atoms with E-state index in [1.54, 1.807) is 12.1 Å². The van der Waals surface area contributed by atoms with Gasteiger partial charge in [0.1, 0.15) is 5.76 Å². The fraction of sp³-hybridized carbons (Fsp3) is 0.250. The molecule has 3 nitrogen and oxygen atoms in total. The van der Waals surface area contributed by atoms with Crippen LogP contribution in [-0.4, -0.2) is 19.7 Å². The first-order valence-electron chi connectivity index (χ1n) is 4.83. The van der Waals surface area contributed by atoms with E-state index in [4.69, 9.17) is 4.74 Å². The summed E-state index contributed by atoms with van der Waals surface area (Å²) in [6.45, 7) is 0.744. The zero-order valence-electron chi connectivity index (χ0n) is 8.53. The maximum absolute atomic E-state index is 11.2. The lowest BCUT2D eigenvalue weighted by molar-refractivity contribution is 0.0600. The van der Waals surface area contributed by atoms with Crippen LogP contribution in [0.15, 0.2) is 30.3 Å². The summed E-state index contributed by atoms with van der Waals surface area (Å²) in [5.74, 6) is 0.578. The fourth-order valence-corrected chi connectivity index (χ4v) is 1.51. The van der Waals surface area contributed by atoms with Crippen molar-refractivity contribution in [2.45, 2.75) is 6.42 Å². The number of ether oxygens (including phenoxy) is 2. The summed E-state index contributed by atoms with van der Waals surface area (Å²) in [5.41, 5.74) is 1.56. The lowest BCUT2D eigenvalue weighted by Gasteiger charge is -2.04. The van der Waals surface area contributed by atoms with Crippen molar-refractivity contribution in [3.05, 3.63) is 41.5 Å². The molecule has 1 aromatic carbocycles. The topological polar surface area (TPSA) is 35.5 Å². The van der Waals surface area contributed by atoms with Gasteiger partial charge in [0.2, 0.25) is 0 Å². The molecular weight excluding hydrogens is 192 g/mol. The molecule has 15 heavy (non-hydrogen) atoms. The van der Waals surface area contributed by atoms with Crippen LogP contribution in [0.1, 0.15) is 22.3 Å². The van der Waals surface area contributed by atoms with Crippen LogP contribution in [0.3, 0.4) is 0 Å². The van der Waals surface area contributed by atoms with E-state index in [9.17, 15) is 4.79 Å². The highest BCUT2D eigenvalue weighted by molar-refractivity contribution is 5.89. The second-order valence-corrected chi connectivity index (χ2v) is 3.27. The van der Waals surface area contributed by atoms with Gasteiger partial charge in [-0.3, -0.25) is 0 Å². The predicted molar refractivity (Wildman–Crippen MR) is 56.3 cm³/mol. The van der Waals surface area contributed by atoms with Crippen LogP contribution >= 0.6 is 0 Å². The summed E-state index contributed by atoms with van der Waals surface area (Å²) in [7, 11) is 1.37. The van der Waals surface area contributed by atoms with Crippen LogP contribution in [0.25, 0.3) is 5.76 Å². The molecule has 0 saturated heterocycles. The van der Waals surface area contributed by atoms with Gasteiger partial charge in [-0.2, -0.15) is 0 Å². The number of rotatable bonds is 2. The van der Waals surface area contributed by atoms with Crippen molar-refractivity contribution in [3.63, 3.8) is 0 Å². The van der Waals surface area contributed by atoms with Crippen molar-refractivity contribution in [1.29, 1.82) is 0 Å². The number of benzene rings is 1. The largest absolute Gasteiger partial charge is 0.493 e. The molecule has 0 aliphatic carbocycles. The summed E-state index contributed by atoms with van der Waals surface area (Å²) in [6.07, 6.45) is 3.00. The van der Waals surface area contributed by atoms with Crippen LogP contribution in [0, 0.1) is 0 Å². The Bertz CT molecular complexity index is 390. The molecule has 0 unspecified atom stereocenters. The molecule has 0 N–H and O–H groups in total. The third-order valence-corrected chi connectivity index (χ3v) is 2.30. The van der Waals surface area contributed by atoms with E-state index in [0.717, 1.165) is 24.4 Å². The lowest BCUT2D eigenvalue weighted by atomic mass is 10.1. The quantitative estimate of drug-likeness (QED) is 0.693. The Morgan fingerprint density at radius 1 is 1.33 bits per heavy atom. The van der Waals surface area contributed by atoms with Gasteiger partial charge >= 0.3 is 5.97 Å². The summed E-state index contributed by atoms with van der Waals surface area (Å²) < 4.78 is 10.0. The first-order valence-corrected chi connectivity index (χ1v) is 4.83. The van der Waals surface area contributed by atoms with Crippen molar-refractivity contribution in [2.75, 3.05) is 13.7 Å². The van der Waals surface area contributed by atoms with Crippen molar-refractivity contribution < 1.29 is 14.3 Å². The average molecular weight is 204 g/mol. The van der Waals surface area contributed by atoms with E-state index >= 15 is 0 Å². The molecule has 3 heteroatoms. The molecule has 0 amide bonds. The van der Waals surface area contributed by atoms with Gasteiger partial charge in [-0.15, -0.1) is 0 Å². The Hall–Kier alpha value is -1.77. The molecule has 0 atom stereocenters. The SMILES string of the molecule is COC(=O)c1ccc(C2=CCCO2)cc1. The van der Waals surface area contributed by atoms with E-state index in [1.165, 1.54) is 7.11 Å². The van der Waals surface area contributed by atoms with Gasteiger partial charge in [-0.1, -0.05) is 12.1 Å². The Morgan fingerprint density at radius 2 is 2.07 bits per heavy atom.